The fourth-order valence-electron chi connectivity index (χ4n) is 1.34. The number of rotatable bonds is 5. The first kappa shape index (κ1) is 12.7. The Bertz CT molecular complexity index is 550. The summed E-state index contributed by atoms with van der Waals surface area (Å²) in [5.41, 5.74) is 0.390. The van der Waals surface area contributed by atoms with Gasteiger partial charge in [0.15, 0.2) is 5.15 Å². The molecule has 0 unspecified atom stereocenters. The number of anilines is 1. The number of aromatic nitrogens is 1. The van der Waals surface area contributed by atoms with Gasteiger partial charge in [0.05, 0.1) is 0 Å². The van der Waals surface area contributed by atoms with Gasteiger partial charge in [0.2, 0.25) is 0 Å². The number of hydrogen-bond acceptors (Lipinski definition) is 5. The normalized spacial score (nSPS) is 9.78. The van der Waals surface area contributed by atoms with Crippen LogP contribution in [-0.2, 0) is 0 Å². The van der Waals surface area contributed by atoms with Crippen LogP contribution in [-0.4, -0.2) is 17.5 Å². The highest BCUT2D eigenvalue weighted by Gasteiger charge is 2.10. The molecule has 0 radical (unpaired) electrons. The molecule has 6 heteroatoms. The second-order valence-electron chi connectivity index (χ2n) is 3.38. The van der Waals surface area contributed by atoms with E-state index in [0.29, 0.717) is 23.7 Å². The average molecular weight is 280 g/mol. The Kier molecular flexibility index (Phi) is 4.40. The fourth-order valence-corrected chi connectivity index (χ4v) is 2.30. The molecule has 2 rings (SSSR count). The minimum Gasteiger partial charge on any atom is -0.492 e. The van der Waals surface area contributed by atoms with Crippen LogP contribution in [0.3, 0.4) is 0 Å². The highest BCUT2D eigenvalue weighted by atomic mass is 35.5. The molecule has 4 nitrogen and oxygen atoms in total. The summed E-state index contributed by atoms with van der Waals surface area (Å²) in [5.74, 6) is 0.821. The Balaban J connectivity index is 1.81. The van der Waals surface area contributed by atoms with Crippen molar-refractivity contribution in [2.24, 2.45) is 0 Å². The molecule has 1 aromatic carbocycles. The van der Waals surface area contributed by atoms with Gasteiger partial charge in [-0.15, -0.1) is 0 Å². The maximum absolute atomic E-state index is 8.88. The number of nitrogens with one attached hydrogen (secondary N) is 1. The van der Waals surface area contributed by atoms with Crippen molar-refractivity contribution in [1.82, 2.24) is 4.37 Å². The van der Waals surface area contributed by atoms with E-state index in [2.05, 4.69) is 9.69 Å². The lowest BCUT2D eigenvalue weighted by atomic mass is 10.3. The molecular formula is C12H10ClN3OS. The van der Waals surface area contributed by atoms with E-state index >= 15 is 0 Å². The quantitative estimate of drug-likeness (QED) is 0.854. The van der Waals surface area contributed by atoms with Crippen LogP contribution in [0.2, 0.25) is 5.15 Å². The molecule has 92 valence electrons. The molecule has 0 spiro atoms. The summed E-state index contributed by atoms with van der Waals surface area (Å²) in [5, 5.41) is 12.9. The Labute approximate surface area is 114 Å². The van der Waals surface area contributed by atoms with Crippen LogP contribution in [0.5, 0.6) is 5.75 Å². The molecular weight excluding hydrogens is 270 g/mol. The van der Waals surface area contributed by atoms with E-state index in [-0.39, 0.29) is 5.15 Å². The minimum absolute atomic E-state index is 0.244. The molecule has 0 aliphatic rings. The van der Waals surface area contributed by atoms with E-state index in [4.69, 9.17) is 21.6 Å². The van der Waals surface area contributed by atoms with Crippen molar-refractivity contribution in [1.29, 1.82) is 5.26 Å². The molecule has 1 N–H and O–H groups in total. The molecule has 18 heavy (non-hydrogen) atoms. The van der Waals surface area contributed by atoms with Crippen LogP contribution in [0.25, 0.3) is 0 Å². The zero-order valence-electron chi connectivity index (χ0n) is 9.39. The Morgan fingerprint density at radius 2 is 2.17 bits per heavy atom. The van der Waals surface area contributed by atoms with Crippen molar-refractivity contribution in [2.75, 3.05) is 18.5 Å². The number of hydrogen-bond donors (Lipinski definition) is 1. The van der Waals surface area contributed by atoms with Gasteiger partial charge in [0, 0.05) is 6.54 Å². The van der Waals surface area contributed by atoms with Crippen molar-refractivity contribution in [2.45, 2.75) is 0 Å². The number of nitriles is 1. The smallest absolute Gasteiger partial charge is 0.162 e. The van der Waals surface area contributed by atoms with Crippen molar-refractivity contribution >= 4 is 28.1 Å². The molecule has 2 aromatic rings. The third-order valence-electron chi connectivity index (χ3n) is 2.16. The van der Waals surface area contributed by atoms with Crippen molar-refractivity contribution < 1.29 is 4.74 Å². The second kappa shape index (κ2) is 6.24. The lowest BCUT2D eigenvalue weighted by Crippen LogP contribution is -2.11. The molecule has 0 fully saturated rings. The number of halogens is 1. The maximum Gasteiger partial charge on any atom is 0.162 e. The summed E-state index contributed by atoms with van der Waals surface area (Å²) in [7, 11) is 0. The first-order chi connectivity index (χ1) is 8.81. The van der Waals surface area contributed by atoms with Gasteiger partial charge in [-0.3, -0.25) is 0 Å². The first-order valence-electron chi connectivity index (χ1n) is 5.28. The minimum atomic E-state index is 0.244. The van der Waals surface area contributed by atoms with Crippen molar-refractivity contribution in [3.63, 3.8) is 0 Å². The number of para-hydroxylation sites is 1. The monoisotopic (exact) mass is 279 g/mol. The van der Waals surface area contributed by atoms with Gasteiger partial charge in [-0.25, -0.2) is 0 Å². The topological polar surface area (TPSA) is 57.9 Å². The Morgan fingerprint density at radius 3 is 2.89 bits per heavy atom. The van der Waals surface area contributed by atoms with E-state index in [1.807, 2.05) is 36.4 Å². The third kappa shape index (κ3) is 3.13. The summed E-state index contributed by atoms with van der Waals surface area (Å²) in [4.78, 5) is 0. The maximum atomic E-state index is 8.88. The van der Waals surface area contributed by atoms with E-state index in [1.54, 1.807) is 0 Å². The Morgan fingerprint density at radius 1 is 1.39 bits per heavy atom. The highest BCUT2D eigenvalue weighted by Crippen LogP contribution is 2.27. The molecule has 0 aliphatic carbocycles. The zero-order valence-corrected chi connectivity index (χ0v) is 11.0. The van der Waals surface area contributed by atoms with E-state index < -0.39 is 0 Å². The highest BCUT2D eigenvalue weighted by molar-refractivity contribution is 7.10. The molecule has 1 aromatic heterocycles. The average Bonchev–Trinajstić information content (AvgIpc) is 2.76. The van der Waals surface area contributed by atoms with Crippen LogP contribution in [0.4, 0.5) is 5.00 Å². The van der Waals surface area contributed by atoms with Gasteiger partial charge in [-0.05, 0) is 23.7 Å². The zero-order chi connectivity index (χ0) is 12.8. The van der Waals surface area contributed by atoms with Crippen LogP contribution in [0.15, 0.2) is 30.3 Å². The summed E-state index contributed by atoms with van der Waals surface area (Å²) in [6, 6.07) is 11.6. The fraction of sp³-hybridized carbons (Fsp3) is 0.167. The van der Waals surface area contributed by atoms with E-state index in [1.165, 1.54) is 11.5 Å². The molecule has 0 saturated heterocycles. The molecule has 0 amide bonds. The summed E-state index contributed by atoms with van der Waals surface area (Å²) < 4.78 is 9.42. The van der Waals surface area contributed by atoms with Crippen LogP contribution >= 0.6 is 23.1 Å². The van der Waals surface area contributed by atoms with Gasteiger partial charge in [0.1, 0.15) is 29.0 Å². The third-order valence-corrected chi connectivity index (χ3v) is 3.34. The molecule has 0 aliphatic heterocycles. The molecule has 0 saturated carbocycles. The van der Waals surface area contributed by atoms with Gasteiger partial charge in [-0.1, -0.05) is 29.8 Å². The number of benzene rings is 1. The van der Waals surface area contributed by atoms with Crippen LogP contribution in [0.1, 0.15) is 5.56 Å². The van der Waals surface area contributed by atoms with Crippen molar-refractivity contribution in [3.8, 4) is 11.8 Å². The molecule has 0 bridgehead atoms. The predicted molar refractivity (Wildman–Crippen MR) is 72.3 cm³/mol. The van der Waals surface area contributed by atoms with E-state index in [9.17, 15) is 0 Å². The van der Waals surface area contributed by atoms with Crippen molar-refractivity contribution in [3.05, 3.63) is 41.0 Å². The number of nitrogens with zero attached hydrogens (tertiary/aromatic N) is 2. The number of ether oxygens (including phenoxy) is 1. The van der Waals surface area contributed by atoms with Gasteiger partial charge in [0.25, 0.3) is 0 Å². The van der Waals surface area contributed by atoms with Crippen LogP contribution < -0.4 is 10.1 Å². The summed E-state index contributed by atoms with van der Waals surface area (Å²) in [6.45, 7) is 1.09. The molecule has 0 atom stereocenters. The largest absolute Gasteiger partial charge is 0.492 e. The lowest BCUT2D eigenvalue weighted by Gasteiger charge is -2.06. The summed E-state index contributed by atoms with van der Waals surface area (Å²) >= 11 is 6.94. The van der Waals surface area contributed by atoms with Crippen LogP contribution in [0, 0.1) is 11.3 Å². The van der Waals surface area contributed by atoms with Gasteiger partial charge in [-0.2, -0.15) is 9.64 Å². The predicted octanol–water partition coefficient (Wildman–Crippen LogP) is 3.16. The summed E-state index contributed by atoms with van der Waals surface area (Å²) in [6.07, 6.45) is 0. The molecule has 1 heterocycles. The first-order valence-corrected chi connectivity index (χ1v) is 6.43. The lowest BCUT2D eigenvalue weighted by molar-refractivity contribution is 0.333. The SMILES string of the molecule is N#Cc1c(Cl)nsc1NCCOc1ccccc1. The van der Waals surface area contributed by atoms with Gasteiger partial charge < -0.3 is 10.1 Å². The van der Waals surface area contributed by atoms with E-state index in [0.717, 1.165) is 5.75 Å². The Hall–Kier alpha value is -1.77. The van der Waals surface area contributed by atoms with Gasteiger partial charge >= 0.3 is 0 Å². The second-order valence-corrected chi connectivity index (χ2v) is 4.51. The standard InChI is InChI=1S/C12H10ClN3OS/c13-11-10(8-14)12(18-16-11)15-6-7-17-9-4-2-1-3-5-9/h1-5,15H,6-7H2.